The number of carbonyl (C=O) groups is 2. The van der Waals surface area contributed by atoms with Gasteiger partial charge in [0, 0.05) is 16.6 Å². The molecule has 0 radical (unpaired) electrons. The van der Waals surface area contributed by atoms with Crippen LogP contribution in [-0.4, -0.2) is 11.8 Å². The number of carbonyl (C=O) groups excluding carboxylic acids is 2. The molecular weight excluding hydrogens is 320 g/mol. The Morgan fingerprint density at radius 3 is 2.55 bits per heavy atom. The average molecular weight is 337 g/mol. The minimum atomic E-state index is -0.448. The molecule has 2 N–H and O–H groups in total. The van der Waals surface area contributed by atoms with E-state index in [1.165, 1.54) is 4.90 Å². The molecule has 0 aromatic heterocycles. The molecule has 2 fully saturated rings. The van der Waals surface area contributed by atoms with E-state index < -0.39 is 5.41 Å². The van der Waals surface area contributed by atoms with Crippen molar-refractivity contribution in [3.63, 3.8) is 0 Å². The van der Waals surface area contributed by atoms with Gasteiger partial charge in [-0.3, -0.25) is 9.59 Å². The fraction of sp³-hybridized carbons (Fsp3) is 0.467. The zero-order valence-electron chi connectivity index (χ0n) is 11.4. The van der Waals surface area contributed by atoms with Crippen molar-refractivity contribution in [2.24, 2.45) is 5.41 Å². The number of anilines is 2. The van der Waals surface area contributed by atoms with Gasteiger partial charge in [-0.2, -0.15) is 0 Å². The van der Waals surface area contributed by atoms with Gasteiger partial charge in [0.05, 0.1) is 11.1 Å². The normalized spacial score (nSPS) is 21.2. The van der Waals surface area contributed by atoms with Crippen LogP contribution in [0.2, 0.25) is 0 Å². The van der Waals surface area contributed by atoms with E-state index in [9.17, 15) is 9.59 Å². The second-order valence-corrected chi connectivity index (χ2v) is 6.71. The van der Waals surface area contributed by atoms with Crippen molar-refractivity contribution in [3.05, 3.63) is 22.2 Å². The van der Waals surface area contributed by atoms with E-state index in [4.69, 9.17) is 5.73 Å². The highest BCUT2D eigenvalue weighted by Crippen LogP contribution is 2.49. The summed E-state index contributed by atoms with van der Waals surface area (Å²) in [4.78, 5) is 26.4. The third kappa shape index (κ3) is 1.87. The summed E-state index contributed by atoms with van der Waals surface area (Å²) in [5.74, 6) is -0.162. The quantitative estimate of drug-likeness (QED) is 0.632. The highest BCUT2D eigenvalue weighted by molar-refractivity contribution is 9.10. The Hall–Kier alpha value is -1.36. The van der Waals surface area contributed by atoms with E-state index in [1.807, 2.05) is 13.0 Å². The lowest BCUT2D eigenvalue weighted by Crippen LogP contribution is -2.34. The van der Waals surface area contributed by atoms with Crippen molar-refractivity contribution in [1.29, 1.82) is 0 Å². The second-order valence-electron chi connectivity index (χ2n) is 5.86. The van der Waals surface area contributed by atoms with Gasteiger partial charge in [-0.05, 0) is 53.4 Å². The van der Waals surface area contributed by atoms with Gasteiger partial charge >= 0.3 is 0 Å². The van der Waals surface area contributed by atoms with Crippen molar-refractivity contribution >= 4 is 39.1 Å². The van der Waals surface area contributed by atoms with Crippen LogP contribution in [0.4, 0.5) is 11.4 Å². The predicted octanol–water partition coefficient (Wildman–Crippen LogP) is 3.16. The minimum absolute atomic E-state index is 0.0519. The van der Waals surface area contributed by atoms with Crippen LogP contribution in [0.5, 0.6) is 0 Å². The summed E-state index contributed by atoms with van der Waals surface area (Å²) in [6.07, 6.45) is 4.06. The molecule has 0 unspecified atom stereocenters. The van der Waals surface area contributed by atoms with E-state index in [0.717, 1.165) is 35.7 Å². The lowest BCUT2D eigenvalue weighted by Gasteiger charge is -2.22. The Morgan fingerprint density at radius 2 is 1.90 bits per heavy atom. The van der Waals surface area contributed by atoms with Crippen LogP contribution in [0.1, 0.15) is 37.7 Å². The summed E-state index contributed by atoms with van der Waals surface area (Å²) in [6.45, 7) is 1.90. The van der Waals surface area contributed by atoms with Gasteiger partial charge in [-0.1, -0.05) is 12.8 Å². The SMILES string of the molecule is Cc1cc(Br)c(N2C(=O)CC3(CCCC3)C2=O)cc1N. The van der Waals surface area contributed by atoms with Crippen molar-refractivity contribution in [1.82, 2.24) is 0 Å². The molecule has 106 valence electrons. The number of nitrogen functional groups attached to an aromatic ring is 1. The molecule has 1 spiro atoms. The van der Waals surface area contributed by atoms with Crippen LogP contribution in [0, 0.1) is 12.3 Å². The molecule has 2 aliphatic rings. The van der Waals surface area contributed by atoms with Gasteiger partial charge in [0.1, 0.15) is 0 Å². The summed E-state index contributed by atoms with van der Waals surface area (Å²) >= 11 is 3.44. The molecule has 0 atom stereocenters. The fourth-order valence-corrected chi connectivity index (χ4v) is 3.96. The van der Waals surface area contributed by atoms with E-state index in [1.54, 1.807) is 6.07 Å². The largest absolute Gasteiger partial charge is 0.398 e. The number of nitrogens with zero attached hydrogens (tertiary/aromatic N) is 1. The first kappa shape index (κ1) is 13.6. The molecule has 0 bridgehead atoms. The smallest absolute Gasteiger partial charge is 0.240 e. The Balaban J connectivity index is 2.04. The lowest BCUT2D eigenvalue weighted by molar-refractivity contribution is -0.125. The van der Waals surface area contributed by atoms with Gasteiger partial charge < -0.3 is 5.73 Å². The monoisotopic (exact) mass is 336 g/mol. The Morgan fingerprint density at radius 1 is 1.25 bits per heavy atom. The van der Waals surface area contributed by atoms with Crippen molar-refractivity contribution in [3.8, 4) is 0 Å². The maximum absolute atomic E-state index is 12.7. The molecule has 1 heterocycles. The molecule has 1 aliphatic heterocycles. The maximum atomic E-state index is 12.7. The van der Waals surface area contributed by atoms with E-state index in [0.29, 0.717) is 17.8 Å². The molecular formula is C15H17BrN2O2. The van der Waals surface area contributed by atoms with Crippen molar-refractivity contribution in [2.45, 2.75) is 39.0 Å². The van der Waals surface area contributed by atoms with Crippen molar-refractivity contribution < 1.29 is 9.59 Å². The van der Waals surface area contributed by atoms with Crippen LogP contribution in [0.15, 0.2) is 16.6 Å². The molecule has 5 heteroatoms. The number of benzene rings is 1. The summed E-state index contributed by atoms with van der Waals surface area (Å²) in [6, 6.07) is 3.56. The molecule has 1 aliphatic carbocycles. The topological polar surface area (TPSA) is 63.4 Å². The van der Waals surface area contributed by atoms with Gasteiger partial charge in [-0.15, -0.1) is 0 Å². The van der Waals surface area contributed by atoms with Crippen LogP contribution >= 0.6 is 15.9 Å². The number of imide groups is 1. The molecule has 1 saturated heterocycles. The van der Waals surface area contributed by atoms with Crippen LogP contribution in [0.25, 0.3) is 0 Å². The maximum Gasteiger partial charge on any atom is 0.240 e. The number of rotatable bonds is 1. The first-order chi connectivity index (χ1) is 9.44. The molecule has 3 rings (SSSR count). The number of hydrogen-bond acceptors (Lipinski definition) is 3. The van der Waals surface area contributed by atoms with Crippen LogP contribution < -0.4 is 10.6 Å². The zero-order valence-corrected chi connectivity index (χ0v) is 13.0. The summed E-state index contributed by atoms with van der Waals surface area (Å²) in [7, 11) is 0. The van der Waals surface area contributed by atoms with Crippen molar-refractivity contribution in [2.75, 3.05) is 10.6 Å². The summed E-state index contributed by atoms with van der Waals surface area (Å²) < 4.78 is 0.737. The number of aryl methyl sites for hydroxylation is 1. The lowest BCUT2D eigenvalue weighted by atomic mass is 9.84. The summed E-state index contributed by atoms with van der Waals surface area (Å²) in [5.41, 5.74) is 7.57. The Bertz CT molecular complexity index is 606. The van der Waals surface area contributed by atoms with Gasteiger partial charge in [-0.25, -0.2) is 4.90 Å². The van der Waals surface area contributed by atoms with Crippen LogP contribution in [-0.2, 0) is 9.59 Å². The number of amides is 2. The third-order valence-electron chi connectivity index (χ3n) is 4.53. The highest BCUT2D eigenvalue weighted by atomic mass is 79.9. The zero-order chi connectivity index (χ0) is 14.5. The number of halogens is 1. The van der Waals surface area contributed by atoms with Gasteiger partial charge in [0.15, 0.2) is 0 Å². The molecule has 4 nitrogen and oxygen atoms in total. The molecule has 1 saturated carbocycles. The number of nitrogens with two attached hydrogens (primary N) is 1. The van der Waals surface area contributed by atoms with E-state index in [2.05, 4.69) is 15.9 Å². The second kappa shape index (κ2) is 4.58. The van der Waals surface area contributed by atoms with Gasteiger partial charge in [0.25, 0.3) is 0 Å². The molecule has 20 heavy (non-hydrogen) atoms. The first-order valence-electron chi connectivity index (χ1n) is 6.88. The van der Waals surface area contributed by atoms with Gasteiger partial charge in [0.2, 0.25) is 11.8 Å². The Kier molecular flexibility index (Phi) is 3.12. The van der Waals surface area contributed by atoms with Crippen LogP contribution in [0.3, 0.4) is 0 Å². The first-order valence-corrected chi connectivity index (χ1v) is 7.67. The van der Waals surface area contributed by atoms with E-state index >= 15 is 0 Å². The number of hydrogen-bond donors (Lipinski definition) is 1. The molecule has 1 aromatic rings. The summed E-state index contributed by atoms with van der Waals surface area (Å²) in [5, 5.41) is 0. The minimum Gasteiger partial charge on any atom is -0.398 e. The standard InChI is InChI=1S/C15H17BrN2O2/c1-9-6-10(16)12(7-11(9)17)18-13(19)8-15(14(18)20)4-2-3-5-15/h6-7H,2-5,8,17H2,1H3. The molecule has 1 aromatic carbocycles. The van der Waals surface area contributed by atoms with E-state index in [-0.39, 0.29) is 11.8 Å². The highest BCUT2D eigenvalue weighted by Gasteiger charge is 2.53. The fourth-order valence-electron chi connectivity index (χ4n) is 3.33. The average Bonchev–Trinajstić information content (AvgIpc) is 2.93. The molecule has 2 amide bonds. The Labute approximate surface area is 126 Å². The third-order valence-corrected chi connectivity index (χ3v) is 5.17. The predicted molar refractivity (Wildman–Crippen MR) is 81.3 cm³/mol.